The van der Waals surface area contributed by atoms with Crippen LogP contribution in [0.5, 0.6) is 5.75 Å². The number of amides is 5. The summed E-state index contributed by atoms with van der Waals surface area (Å²) in [5.41, 5.74) is 4.35. The van der Waals surface area contributed by atoms with Crippen LogP contribution in [0.3, 0.4) is 0 Å². The van der Waals surface area contributed by atoms with Crippen LogP contribution in [-0.4, -0.2) is 89.4 Å². The first-order chi connectivity index (χ1) is 30.6. The van der Waals surface area contributed by atoms with E-state index in [0.717, 1.165) is 27.1 Å². The molecule has 326 valence electrons. The summed E-state index contributed by atoms with van der Waals surface area (Å²) in [5.74, 6) is -3.81. The lowest BCUT2D eigenvalue weighted by molar-refractivity contribution is -0.146. The van der Waals surface area contributed by atoms with Crippen LogP contribution in [0, 0.1) is 5.92 Å². The molecule has 4 atom stereocenters. The normalized spacial score (nSPS) is 20.5. The molecule has 0 radical (unpaired) electrons. The van der Waals surface area contributed by atoms with Gasteiger partial charge in [-0.05, 0) is 77.1 Å². The van der Waals surface area contributed by atoms with Gasteiger partial charge in [0.1, 0.15) is 29.9 Å². The molecule has 2 bridgehead atoms. The van der Waals surface area contributed by atoms with Gasteiger partial charge < -0.3 is 36.0 Å². The first-order valence-electron chi connectivity index (χ1n) is 21.2. The fourth-order valence-electron chi connectivity index (χ4n) is 7.90. The third-order valence-corrected chi connectivity index (χ3v) is 12.4. The molecule has 1 fully saturated rings. The SMILES string of the molecule is O=C1COc2ccc(cc2)CC(C(=O)N2CCC(C(=O)O)CC2)NC(=O)C(CCc2ccccc2)NC(=O)C(Cc2ccc(-c3ccccc3)cc2)NC(=O)C(Cc2cccs2)N1. The highest BCUT2D eigenvalue weighted by molar-refractivity contribution is 7.09. The number of hydrogen-bond acceptors (Lipinski definition) is 8. The summed E-state index contributed by atoms with van der Waals surface area (Å²) in [4.78, 5) is 85.2. The summed E-state index contributed by atoms with van der Waals surface area (Å²) in [7, 11) is 0. The number of carbonyl (C=O) groups is 6. The third kappa shape index (κ3) is 12.4. The standard InChI is InChI=1S/C49H51N5O8S/c55-44-31-62-38-20-15-34(16-21-38)29-43(48(59)54-25-23-37(24-26-54)49(60)61)53-45(56)40(22-17-32-8-3-1-4-9-32)51-46(57)41(52-47(58)42(50-44)30-39-12-7-27-63-39)28-33-13-18-36(19-14-33)35-10-5-2-6-11-35/h1-16,18-21,27,37,40-43H,17,22-26,28-31H2,(H,50,55)(H,51,57)(H,52,58)(H,53,56)(H,60,61). The van der Waals surface area contributed by atoms with Crippen LogP contribution in [0.25, 0.3) is 11.1 Å². The van der Waals surface area contributed by atoms with E-state index in [0.29, 0.717) is 17.7 Å². The summed E-state index contributed by atoms with van der Waals surface area (Å²) in [6.07, 6.45) is 1.46. The number of carboxylic acid groups (broad SMARTS) is 1. The number of likely N-dealkylation sites (tertiary alicyclic amines) is 1. The van der Waals surface area contributed by atoms with Crippen LogP contribution >= 0.6 is 11.3 Å². The molecular formula is C49H51N5O8S. The molecule has 4 unspecified atom stereocenters. The van der Waals surface area contributed by atoms with Gasteiger partial charge in [-0.3, -0.25) is 28.8 Å². The summed E-state index contributed by atoms with van der Waals surface area (Å²) in [5, 5.41) is 23.1. The molecule has 3 aliphatic rings. The number of ether oxygens (including phenoxy) is 1. The number of carbonyl (C=O) groups excluding carboxylic acids is 5. The molecule has 3 aliphatic heterocycles. The average molecular weight is 870 g/mol. The number of nitrogens with zero attached hydrogens (tertiary/aromatic N) is 1. The maximum atomic E-state index is 14.6. The molecule has 8 rings (SSSR count). The van der Waals surface area contributed by atoms with E-state index in [1.54, 1.807) is 29.2 Å². The van der Waals surface area contributed by atoms with Gasteiger partial charge in [0.05, 0.1) is 5.92 Å². The van der Waals surface area contributed by atoms with E-state index in [4.69, 9.17) is 4.74 Å². The third-order valence-electron chi connectivity index (χ3n) is 11.5. The summed E-state index contributed by atoms with van der Waals surface area (Å²) < 4.78 is 5.81. The second-order valence-electron chi connectivity index (χ2n) is 16.0. The smallest absolute Gasteiger partial charge is 0.306 e. The van der Waals surface area contributed by atoms with Crippen molar-refractivity contribution in [3.8, 4) is 16.9 Å². The fourth-order valence-corrected chi connectivity index (χ4v) is 8.65. The van der Waals surface area contributed by atoms with Gasteiger partial charge in [-0.2, -0.15) is 0 Å². The number of aliphatic carboxylic acids is 1. The maximum absolute atomic E-state index is 14.6. The minimum atomic E-state index is -1.18. The van der Waals surface area contributed by atoms with E-state index >= 15 is 0 Å². The van der Waals surface area contributed by atoms with Crippen molar-refractivity contribution < 1.29 is 38.6 Å². The van der Waals surface area contributed by atoms with Crippen molar-refractivity contribution in [1.82, 2.24) is 26.2 Å². The van der Waals surface area contributed by atoms with E-state index in [9.17, 15) is 33.9 Å². The Bertz CT molecular complexity index is 2330. The van der Waals surface area contributed by atoms with Crippen LogP contribution in [0.4, 0.5) is 0 Å². The van der Waals surface area contributed by atoms with Gasteiger partial charge in [0, 0.05) is 37.2 Å². The molecule has 5 aromatic rings. The molecule has 1 aromatic heterocycles. The number of nitrogens with one attached hydrogen (secondary N) is 4. The number of fused-ring (bicyclic) bond motifs is 16. The van der Waals surface area contributed by atoms with E-state index in [1.807, 2.05) is 102 Å². The summed E-state index contributed by atoms with van der Waals surface area (Å²) in [6.45, 7) is 0.0382. The van der Waals surface area contributed by atoms with Crippen LogP contribution in [0.15, 0.2) is 127 Å². The van der Waals surface area contributed by atoms with E-state index < -0.39 is 66.3 Å². The first-order valence-corrected chi connectivity index (χ1v) is 22.1. The topological polar surface area (TPSA) is 183 Å². The van der Waals surface area contributed by atoms with Crippen molar-refractivity contribution in [2.24, 2.45) is 5.92 Å². The van der Waals surface area contributed by atoms with Gasteiger partial charge in [0.15, 0.2) is 6.61 Å². The monoisotopic (exact) mass is 869 g/mol. The minimum Gasteiger partial charge on any atom is -0.484 e. The second kappa shape index (κ2) is 21.3. The number of rotatable bonds is 10. The highest BCUT2D eigenvalue weighted by Crippen LogP contribution is 2.22. The van der Waals surface area contributed by atoms with Crippen LogP contribution in [0.1, 0.15) is 40.8 Å². The quantitative estimate of drug-likeness (QED) is 0.125. The van der Waals surface area contributed by atoms with Crippen LogP contribution in [0.2, 0.25) is 0 Å². The lowest BCUT2D eigenvalue weighted by Gasteiger charge is -2.33. The van der Waals surface area contributed by atoms with E-state index in [1.165, 1.54) is 11.3 Å². The fraction of sp³-hybridized carbons (Fsp3) is 0.306. The second-order valence-corrected chi connectivity index (χ2v) is 17.0. The number of thiophene rings is 1. The molecule has 14 heteroatoms. The lowest BCUT2D eigenvalue weighted by Crippen LogP contribution is -2.59. The van der Waals surface area contributed by atoms with Crippen molar-refractivity contribution in [3.63, 3.8) is 0 Å². The van der Waals surface area contributed by atoms with Gasteiger partial charge in [-0.1, -0.05) is 103 Å². The van der Waals surface area contributed by atoms with Crippen LogP contribution in [-0.2, 0) is 54.5 Å². The zero-order valence-electron chi connectivity index (χ0n) is 34.7. The number of carboxylic acids is 1. The van der Waals surface area contributed by atoms with Gasteiger partial charge in [0.25, 0.3) is 5.91 Å². The highest BCUT2D eigenvalue weighted by atomic mass is 32.1. The molecule has 0 saturated carbocycles. The van der Waals surface area contributed by atoms with Gasteiger partial charge >= 0.3 is 5.97 Å². The Morgan fingerprint density at radius 1 is 0.651 bits per heavy atom. The first kappa shape index (κ1) is 44.3. The molecule has 5 amide bonds. The van der Waals surface area contributed by atoms with Crippen molar-refractivity contribution in [2.75, 3.05) is 19.7 Å². The number of benzene rings is 4. The molecular weight excluding hydrogens is 819 g/mol. The Labute approximate surface area is 370 Å². The minimum absolute atomic E-state index is 0.0594. The molecule has 4 aromatic carbocycles. The van der Waals surface area contributed by atoms with Crippen molar-refractivity contribution >= 4 is 46.8 Å². The zero-order valence-corrected chi connectivity index (χ0v) is 35.6. The Morgan fingerprint density at radius 2 is 1.27 bits per heavy atom. The van der Waals surface area contributed by atoms with E-state index in [-0.39, 0.29) is 57.5 Å². The molecule has 0 aliphatic carbocycles. The van der Waals surface area contributed by atoms with Crippen LogP contribution < -0.4 is 26.0 Å². The molecule has 5 N–H and O–H groups in total. The zero-order chi connectivity index (χ0) is 44.1. The summed E-state index contributed by atoms with van der Waals surface area (Å²) in [6, 6.07) is 33.1. The molecule has 13 nitrogen and oxygen atoms in total. The molecule has 63 heavy (non-hydrogen) atoms. The predicted octanol–water partition coefficient (Wildman–Crippen LogP) is 4.73. The Kier molecular flexibility index (Phi) is 15.0. The van der Waals surface area contributed by atoms with Gasteiger partial charge in [-0.25, -0.2) is 0 Å². The number of piperidine rings is 1. The maximum Gasteiger partial charge on any atom is 0.306 e. The Morgan fingerprint density at radius 3 is 1.92 bits per heavy atom. The van der Waals surface area contributed by atoms with Crippen molar-refractivity contribution in [3.05, 3.63) is 148 Å². The molecule has 4 heterocycles. The number of aryl methyl sites for hydroxylation is 1. The van der Waals surface area contributed by atoms with Gasteiger partial charge in [-0.15, -0.1) is 11.3 Å². The largest absolute Gasteiger partial charge is 0.484 e. The van der Waals surface area contributed by atoms with Gasteiger partial charge in [0.2, 0.25) is 23.6 Å². The van der Waals surface area contributed by atoms with Crippen molar-refractivity contribution in [2.45, 2.75) is 69.1 Å². The Balaban J connectivity index is 1.21. The number of hydrogen-bond donors (Lipinski definition) is 5. The highest BCUT2D eigenvalue weighted by Gasteiger charge is 2.35. The average Bonchev–Trinajstić information content (AvgIpc) is 3.83. The Hall–Kier alpha value is -6.80. The summed E-state index contributed by atoms with van der Waals surface area (Å²) >= 11 is 1.43. The van der Waals surface area contributed by atoms with Crippen molar-refractivity contribution in [1.29, 1.82) is 0 Å². The molecule has 1 saturated heterocycles. The molecule has 0 spiro atoms. The predicted molar refractivity (Wildman–Crippen MR) is 239 cm³/mol. The lowest BCUT2D eigenvalue weighted by atomic mass is 9.95. The van der Waals surface area contributed by atoms with E-state index in [2.05, 4.69) is 21.3 Å².